The van der Waals surface area contributed by atoms with Gasteiger partial charge in [0.2, 0.25) is 0 Å². The fourth-order valence-electron chi connectivity index (χ4n) is 2.63. The van der Waals surface area contributed by atoms with Crippen LogP contribution in [-0.2, 0) is 9.59 Å². The summed E-state index contributed by atoms with van der Waals surface area (Å²) in [5.74, 6) is -0.395. The van der Waals surface area contributed by atoms with E-state index < -0.39 is 11.8 Å². The number of carbonyl (C=O) groups excluding carboxylic acids is 2. The Kier molecular flexibility index (Phi) is 4.95. The summed E-state index contributed by atoms with van der Waals surface area (Å²) in [4.78, 5) is 25.9. The fourth-order valence-corrected chi connectivity index (χ4v) is 2.63. The van der Waals surface area contributed by atoms with Crippen LogP contribution in [0.5, 0.6) is 0 Å². The molecule has 7 heteroatoms. The van der Waals surface area contributed by atoms with Gasteiger partial charge in [-0.2, -0.15) is 0 Å². The molecule has 2 rings (SSSR count). The summed E-state index contributed by atoms with van der Waals surface area (Å²) in [6.07, 6.45) is 0.860. The highest BCUT2D eigenvalue weighted by atomic mass is 16.5. The number of nitrogens with one attached hydrogen (secondary N) is 2. The molecular weight excluding hydrogens is 272 g/mol. The number of nitrogens with zero attached hydrogens (tertiary/aromatic N) is 2. The second kappa shape index (κ2) is 6.71. The van der Waals surface area contributed by atoms with Gasteiger partial charge in [-0.15, -0.1) is 0 Å². The number of aromatic nitrogens is 1. The van der Waals surface area contributed by atoms with Gasteiger partial charge in [-0.05, 0) is 33.7 Å². The molecule has 7 nitrogen and oxygen atoms in total. The van der Waals surface area contributed by atoms with Crippen molar-refractivity contribution in [2.75, 3.05) is 26.2 Å². The Hall–Kier alpha value is -1.89. The smallest absolute Gasteiger partial charge is 0.311 e. The zero-order valence-electron chi connectivity index (χ0n) is 12.7. The summed E-state index contributed by atoms with van der Waals surface area (Å²) in [6, 6.07) is -0.308. The number of amides is 2. The van der Waals surface area contributed by atoms with Gasteiger partial charge in [0.05, 0.1) is 11.7 Å². The van der Waals surface area contributed by atoms with Crippen LogP contribution in [0.4, 0.5) is 0 Å². The molecule has 0 radical (unpaired) electrons. The van der Waals surface area contributed by atoms with Crippen LogP contribution in [-0.4, -0.2) is 48.0 Å². The van der Waals surface area contributed by atoms with Gasteiger partial charge in [-0.1, -0.05) is 5.16 Å². The predicted molar refractivity (Wildman–Crippen MR) is 76.6 cm³/mol. The largest absolute Gasteiger partial charge is 0.361 e. The molecule has 0 aromatic carbocycles. The Balaban J connectivity index is 1.98. The van der Waals surface area contributed by atoms with Crippen LogP contribution in [0.2, 0.25) is 0 Å². The SMILES string of the molecule is Cc1noc(C)c1C(C)NC(=O)C(=O)N1CCCNCC1. The van der Waals surface area contributed by atoms with Crippen molar-refractivity contribution in [3.05, 3.63) is 17.0 Å². The van der Waals surface area contributed by atoms with Gasteiger partial charge in [0.25, 0.3) is 0 Å². The summed E-state index contributed by atoms with van der Waals surface area (Å²) in [5, 5.41) is 9.80. The summed E-state index contributed by atoms with van der Waals surface area (Å²) in [5.41, 5.74) is 1.56. The molecular formula is C14H22N4O3. The lowest BCUT2D eigenvalue weighted by atomic mass is 10.1. The number of carbonyl (C=O) groups is 2. The molecule has 2 amide bonds. The van der Waals surface area contributed by atoms with E-state index in [2.05, 4.69) is 15.8 Å². The molecule has 1 atom stereocenters. The fraction of sp³-hybridized carbons (Fsp3) is 0.643. The predicted octanol–water partition coefficient (Wildman–Crippen LogP) is 0.291. The van der Waals surface area contributed by atoms with Crippen LogP contribution in [0.1, 0.15) is 36.4 Å². The highest BCUT2D eigenvalue weighted by Gasteiger charge is 2.25. The average molecular weight is 294 g/mol. The first-order chi connectivity index (χ1) is 10.0. The van der Waals surface area contributed by atoms with E-state index in [-0.39, 0.29) is 6.04 Å². The Morgan fingerprint density at radius 1 is 1.33 bits per heavy atom. The molecule has 1 aliphatic rings. The first kappa shape index (κ1) is 15.5. The topological polar surface area (TPSA) is 87.5 Å². The van der Waals surface area contributed by atoms with Crippen molar-refractivity contribution >= 4 is 11.8 Å². The monoisotopic (exact) mass is 294 g/mol. The Morgan fingerprint density at radius 3 is 2.76 bits per heavy atom. The van der Waals surface area contributed by atoms with Crippen molar-refractivity contribution in [3.63, 3.8) is 0 Å². The molecule has 21 heavy (non-hydrogen) atoms. The Bertz CT molecular complexity index is 499. The molecule has 2 heterocycles. The van der Waals surface area contributed by atoms with Gasteiger partial charge < -0.3 is 20.1 Å². The molecule has 1 aliphatic heterocycles. The molecule has 116 valence electrons. The molecule has 0 saturated carbocycles. The summed E-state index contributed by atoms with van der Waals surface area (Å²) in [7, 11) is 0. The van der Waals surface area contributed by atoms with Crippen molar-refractivity contribution in [2.45, 2.75) is 33.2 Å². The van der Waals surface area contributed by atoms with Crippen LogP contribution in [0, 0.1) is 13.8 Å². The minimum absolute atomic E-state index is 0.308. The number of aryl methyl sites for hydroxylation is 2. The normalized spacial score (nSPS) is 17.2. The maximum atomic E-state index is 12.2. The third-order valence-corrected chi connectivity index (χ3v) is 3.69. The molecule has 0 aliphatic carbocycles. The zero-order chi connectivity index (χ0) is 15.4. The van der Waals surface area contributed by atoms with Gasteiger partial charge in [0, 0.05) is 25.2 Å². The van der Waals surface area contributed by atoms with Crippen molar-refractivity contribution < 1.29 is 14.1 Å². The van der Waals surface area contributed by atoms with Gasteiger partial charge in [0.1, 0.15) is 5.76 Å². The quantitative estimate of drug-likeness (QED) is 0.766. The molecule has 1 unspecified atom stereocenters. The van der Waals surface area contributed by atoms with Crippen molar-refractivity contribution in [1.29, 1.82) is 0 Å². The Morgan fingerprint density at radius 2 is 2.10 bits per heavy atom. The van der Waals surface area contributed by atoms with E-state index in [1.807, 2.05) is 13.8 Å². The molecule has 2 N–H and O–H groups in total. The molecule has 1 aromatic heterocycles. The van der Waals surface area contributed by atoms with E-state index in [1.54, 1.807) is 11.8 Å². The van der Waals surface area contributed by atoms with E-state index in [4.69, 9.17) is 4.52 Å². The molecule has 0 spiro atoms. The maximum Gasteiger partial charge on any atom is 0.311 e. The van der Waals surface area contributed by atoms with Gasteiger partial charge >= 0.3 is 11.8 Å². The van der Waals surface area contributed by atoms with E-state index in [1.165, 1.54) is 0 Å². The van der Waals surface area contributed by atoms with Crippen LogP contribution in [0.25, 0.3) is 0 Å². The Labute approximate surface area is 124 Å². The van der Waals surface area contributed by atoms with Crippen LogP contribution in [0.15, 0.2) is 4.52 Å². The van der Waals surface area contributed by atoms with Crippen LogP contribution in [0.3, 0.4) is 0 Å². The first-order valence-electron chi connectivity index (χ1n) is 7.24. The van der Waals surface area contributed by atoms with Crippen molar-refractivity contribution in [2.24, 2.45) is 0 Å². The van der Waals surface area contributed by atoms with Crippen molar-refractivity contribution in [1.82, 2.24) is 20.7 Å². The lowest BCUT2D eigenvalue weighted by molar-refractivity contribution is -0.146. The van der Waals surface area contributed by atoms with E-state index in [0.29, 0.717) is 18.8 Å². The maximum absolute atomic E-state index is 12.2. The summed E-state index contributed by atoms with van der Waals surface area (Å²) >= 11 is 0. The minimum atomic E-state index is -0.579. The molecule has 1 saturated heterocycles. The van der Waals surface area contributed by atoms with E-state index >= 15 is 0 Å². The van der Waals surface area contributed by atoms with E-state index in [9.17, 15) is 9.59 Å². The number of hydrogen-bond donors (Lipinski definition) is 2. The third kappa shape index (κ3) is 3.60. The van der Waals surface area contributed by atoms with E-state index in [0.717, 1.165) is 30.8 Å². The van der Waals surface area contributed by atoms with Crippen LogP contribution >= 0.6 is 0 Å². The average Bonchev–Trinajstić information content (AvgIpc) is 2.68. The number of hydrogen-bond acceptors (Lipinski definition) is 5. The number of rotatable bonds is 2. The summed E-state index contributed by atoms with van der Waals surface area (Å²) in [6.45, 7) is 8.20. The van der Waals surface area contributed by atoms with Crippen molar-refractivity contribution in [3.8, 4) is 0 Å². The van der Waals surface area contributed by atoms with Gasteiger partial charge in [-0.25, -0.2) is 0 Å². The lowest BCUT2D eigenvalue weighted by Crippen LogP contribution is -2.45. The minimum Gasteiger partial charge on any atom is -0.361 e. The summed E-state index contributed by atoms with van der Waals surface area (Å²) < 4.78 is 5.09. The highest BCUT2D eigenvalue weighted by molar-refractivity contribution is 6.35. The molecule has 0 bridgehead atoms. The van der Waals surface area contributed by atoms with Gasteiger partial charge in [-0.3, -0.25) is 9.59 Å². The molecule has 1 fully saturated rings. The lowest BCUT2D eigenvalue weighted by Gasteiger charge is -2.21. The van der Waals surface area contributed by atoms with Gasteiger partial charge in [0.15, 0.2) is 0 Å². The second-order valence-electron chi connectivity index (χ2n) is 5.33. The second-order valence-corrected chi connectivity index (χ2v) is 5.33. The zero-order valence-corrected chi connectivity index (χ0v) is 12.7. The van der Waals surface area contributed by atoms with Crippen LogP contribution < -0.4 is 10.6 Å². The molecule has 1 aromatic rings. The standard InChI is InChI=1S/C14H22N4O3/c1-9(12-10(2)17-21-11(12)3)16-13(19)14(20)18-7-4-5-15-6-8-18/h9,15H,4-8H2,1-3H3,(H,16,19). The first-order valence-corrected chi connectivity index (χ1v) is 7.24. The highest BCUT2D eigenvalue weighted by Crippen LogP contribution is 2.20. The third-order valence-electron chi connectivity index (χ3n) is 3.69.